The number of carbonyl (C=O) groups is 1. The van der Waals surface area contributed by atoms with Gasteiger partial charge in [-0.2, -0.15) is 10.4 Å². The molecule has 0 saturated carbocycles. The third-order valence-electron chi connectivity index (χ3n) is 6.24. The Bertz CT molecular complexity index is 1440. The molecular formula is C29H28N6O2. The summed E-state index contributed by atoms with van der Waals surface area (Å²) in [5.41, 5.74) is 3.86. The van der Waals surface area contributed by atoms with Crippen molar-refractivity contribution >= 4 is 11.7 Å². The molecule has 2 aromatic carbocycles. The minimum atomic E-state index is -0.419. The van der Waals surface area contributed by atoms with Crippen LogP contribution in [0.3, 0.4) is 0 Å². The summed E-state index contributed by atoms with van der Waals surface area (Å²) in [5.74, 6) is 0.0561. The number of rotatable bonds is 9. The number of amides is 1. The Morgan fingerprint density at radius 2 is 1.73 bits per heavy atom. The van der Waals surface area contributed by atoms with E-state index in [4.69, 9.17) is 5.26 Å². The fourth-order valence-electron chi connectivity index (χ4n) is 3.97. The third kappa shape index (κ3) is 6.54. The van der Waals surface area contributed by atoms with E-state index in [0.29, 0.717) is 30.0 Å². The molecule has 2 heterocycles. The Morgan fingerprint density at radius 3 is 2.38 bits per heavy atom. The van der Waals surface area contributed by atoms with Crippen molar-refractivity contribution in [2.45, 2.75) is 18.8 Å². The molecule has 4 rings (SSSR count). The van der Waals surface area contributed by atoms with Crippen molar-refractivity contribution in [3.8, 4) is 17.2 Å². The van der Waals surface area contributed by atoms with Crippen LogP contribution in [-0.4, -0.2) is 33.8 Å². The van der Waals surface area contributed by atoms with Crippen LogP contribution in [0.1, 0.15) is 35.4 Å². The lowest BCUT2D eigenvalue weighted by Gasteiger charge is -2.20. The van der Waals surface area contributed by atoms with E-state index in [0.717, 1.165) is 16.7 Å². The van der Waals surface area contributed by atoms with Gasteiger partial charge in [-0.1, -0.05) is 49.4 Å². The maximum Gasteiger partial charge on any atom is 0.267 e. The molecule has 2 atom stereocenters. The lowest BCUT2D eigenvalue weighted by Crippen LogP contribution is -2.32. The van der Waals surface area contributed by atoms with Gasteiger partial charge in [0.1, 0.15) is 5.82 Å². The van der Waals surface area contributed by atoms with Crippen LogP contribution in [0.5, 0.6) is 0 Å². The van der Waals surface area contributed by atoms with Gasteiger partial charge in [-0.25, -0.2) is 9.67 Å². The van der Waals surface area contributed by atoms with Gasteiger partial charge in [-0.15, -0.1) is 0 Å². The van der Waals surface area contributed by atoms with Gasteiger partial charge in [0.05, 0.1) is 23.7 Å². The number of nitrogens with one attached hydrogen (secondary N) is 2. The van der Waals surface area contributed by atoms with E-state index >= 15 is 0 Å². The zero-order valence-corrected chi connectivity index (χ0v) is 20.8. The van der Waals surface area contributed by atoms with Gasteiger partial charge in [-0.05, 0) is 41.3 Å². The number of aryl methyl sites for hydroxylation is 1. The smallest absolute Gasteiger partial charge is 0.267 e. The number of nitriles is 1. The first-order valence-corrected chi connectivity index (χ1v) is 12.0. The van der Waals surface area contributed by atoms with Crippen LogP contribution in [0.4, 0.5) is 5.82 Å². The van der Waals surface area contributed by atoms with Crippen molar-refractivity contribution in [3.63, 3.8) is 0 Å². The molecule has 0 aliphatic heterocycles. The van der Waals surface area contributed by atoms with E-state index in [2.05, 4.69) is 33.7 Å². The molecule has 37 heavy (non-hydrogen) atoms. The molecule has 2 N–H and O–H groups in total. The summed E-state index contributed by atoms with van der Waals surface area (Å²) in [6.07, 6.45) is 3.22. The number of nitrogens with zero attached hydrogens (tertiary/aromatic N) is 4. The molecule has 4 aromatic rings. The van der Waals surface area contributed by atoms with E-state index < -0.39 is 5.92 Å². The van der Waals surface area contributed by atoms with Gasteiger partial charge in [-0.3, -0.25) is 9.59 Å². The molecule has 8 heteroatoms. The Kier molecular flexibility index (Phi) is 8.18. The average molecular weight is 493 g/mol. The highest BCUT2D eigenvalue weighted by atomic mass is 16.2. The van der Waals surface area contributed by atoms with Crippen molar-refractivity contribution in [2.75, 3.05) is 18.4 Å². The average Bonchev–Trinajstić information content (AvgIpc) is 2.93. The van der Waals surface area contributed by atoms with Gasteiger partial charge in [0, 0.05) is 43.5 Å². The van der Waals surface area contributed by atoms with Crippen molar-refractivity contribution in [2.24, 2.45) is 7.05 Å². The van der Waals surface area contributed by atoms with Gasteiger partial charge in [0.25, 0.3) is 5.56 Å². The molecule has 0 aliphatic rings. The number of anilines is 1. The molecule has 0 bridgehead atoms. The fourth-order valence-corrected chi connectivity index (χ4v) is 3.97. The van der Waals surface area contributed by atoms with Crippen molar-refractivity contribution < 1.29 is 4.79 Å². The van der Waals surface area contributed by atoms with Crippen LogP contribution in [0.25, 0.3) is 11.1 Å². The summed E-state index contributed by atoms with van der Waals surface area (Å²) >= 11 is 0. The molecule has 1 amide bonds. The predicted octanol–water partition coefficient (Wildman–Crippen LogP) is 3.83. The predicted molar refractivity (Wildman–Crippen MR) is 143 cm³/mol. The number of hydrogen-bond donors (Lipinski definition) is 2. The summed E-state index contributed by atoms with van der Waals surface area (Å²) < 4.78 is 1.26. The molecule has 2 aromatic heterocycles. The zero-order chi connectivity index (χ0) is 26.2. The minimum Gasteiger partial charge on any atom is -0.315 e. The summed E-state index contributed by atoms with van der Waals surface area (Å²) in [7, 11) is 1.59. The number of carbonyl (C=O) groups excluding carboxylic acids is 1. The normalized spacial score (nSPS) is 12.4. The first-order valence-electron chi connectivity index (χ1n) is 12.0. The van der Waals surface area contributed by atoms with E-state index in [1.807, 2.05) is 54.6 Å². The minimum absolute atomic E-state index is 0.166. The van der Waals surface area contributed by atoms with Crippen LogP contribution in [0.15, 0.2) is 90.0 Å². The quantitative estimate of drug-likeness (QED) is 0.367. The summed E-state index contributed by atoms with van der Waals surface area (Å²) in [5, 5.41) is 19.4. The second-order valence-corrected chi connectivity index (χ2v) is 8.88. The molecule has 1 unspecified atom stereocenters. The van der Waals surface area contributed by atoms with Crippen LogP contribution < -0.4 is 16.2 Å². The topological polar surface area (TPSA) is 113 Å². The van der Waals surface area contributed by atoms with Gasteiger partial charge >= 0.3 is 0 Å². The van der Waals surface area contributed by atoms with Gasteiger partial charge in [0.2, 0.25) is 5.91 Å². The molecule has 0 radical (unpaired) electrons. The van der Waals surface area contributed by atoms with E-state index in [1.165, 1.54) is 10.7 Å². The first kappa shape index (κ1) is 25.5. The van der Waals surface area contributed by atoms with E-state index in [-0.39, 0.29) is 17.4 Å². The van der Waals surface area contributed by atoms with Gasteiger partial charge < -0.3 is 10.6 Å². The molecule has 0 spiro atoms. The van der Waals surface area contributed by atoms with E-state index in [1.54, 1.807) is 31.6 Å². The molecule has 0 fully saturated rings. The van der Waals surface area contributed by atoms with Gasteiger partial charge in [0.15, 0.2) is 0 Å². The summed E-state index contributed by atoms with van der Waals surface area (Å²) in [6, 6.07) is 24.3. The Hall–Kier alpha value is -4.61. The van der Waals surface area contributed by atoms with E-state index in [9.17, 15) is 9.59 Å². The number of aromatic nitrogens is 3. The Labute approximate surface area is 215 Å². The highest BCUT2D eigenvalue weighted by molar-refractivity contribution is 5.95. The molecule has 0 aliphatic carbocycles. The lowest BCUT2D eigenvalue weighted by atomic mass is 9.96. The summed E-state index contributed by atoms with van der Waals surface area (Å²) in [4.78, 5) is 29.5. The van der Waals surface area contributed by atoms with Crippen LogP contribution in [0.2, 0.25) is 0 Å². The standard InChI is InChI=1S/C29H28N6O2/c1-20(22-10-8-21(15-30)9-11-22)16-31-19-26(23-6-4-3-5-7-23)29(37)34-27-13-12-24(17-32-27)25-14-28(36)35(2)33-18-25/h3-14,17-18,20,26,31H,16,19H2,1-2H3,(H,32,34,37)/t20-,26?/m1/s1. The number of hydrogen-bond acceptors (Lipinski definition) is 6. The summed E-state index contributed by atoms with van der Waals surface area (Å²) in [6.45, 7) is 3.24. The lowest BCUT2D eigenvalue weighted by molar-refractivity contribution is -0.117. The SMILES string of the molecule is C[C@H](CNCC(C(=O)Nc1ccc(-c2cnn(C)c(=O)c2)cn1)c1ccccc1)c1ccc(C#N)cc1. The van der Waals surface area contributed by atoms with Crippen molar-refractivity contribution in [1.82, 2.24) is 20.1 Å². The van der Waals surface area contributed by atoms with Crippen molar-refractivity contribution in [3.05, 3.63) is 112 Å². The Balaban J connectivity index is 1.42. The maximum atomic E-state index is 13.3. The maximum absolute atomic E-state index is 13.3. The zero-order valence-electron chi connectivity index (χ0n) is 20.8. The number of benzene rings is 2. The van der Waals surface area contributed by atoms with Crippen LogP contribution in [-0.2, 0) is 11.8 Å². The fraction of sp³-hybridized carbons (Fsp3) is 0.207. The first-order chi connectivity index (χ1) is 17.9. The largest absolute Gasteiger partial charge is 0.315 e. The third-order valence-corrected chi connectivity index (χ3v) is 6.24. The molecular weight excluding hydrogens is 464 g/mol. The van der Waals surface area contributed by atoms with Crippen LogP contribution >= 0.6 is 0 Å². The number of pyridine rings is 1. The monoisotopic (exact) mass is 492 g/mol. The Morgan fingerprint density at radius 1 is 0.973 bits per heavy atom. The molecule has 0 saturated heterocycles. The highest BCUT2D eigenvalue weighted by Gasteiger charge is 2.21. The van der Waals surface area contributed by atoms with Crippen molar-refractivity contribution in [1.29, 1.82) is 5.26 Å². The molecule has 186 valence electrons. The second kappa shape index (κ2) is 11.9. The highest BCUT2D eigenvalue weighted by Crippen LogP contribution is 2.21. The second-order valence-electron chi connectivity index (χ2n) is 8.88. The molecule has 8 nitrogen and oxygen atoms in total. The van der Waals surface area contributed by atoms with Crippen LogP contribution in [0, 0.1) is 11.3 Å².